The SMILES string of the molecule is CCn1nc(C)c(N)c1N(CC(C)C)C1CCCC1. The zero-order valence-corrected chi connectivity index (χ0v) is 12.8. The number of hydrogen-bond donors (Lipinski definition) is 1. The van der Waals surface area contributed by atoms with Gasteiger partial charge < -0.3 is 10.6 Å². The predicted molar refractivity (Wildman–Crippen MR) is 81.5 cm³/mol. The monoisotopic (exact) mass is 264 g/mol. The molecule has 19 heavy (non-hydrogen) atoms. The number of hydrogen-bond acceptors (Lipinski definition) is 3. The minimum atomic E-state index is 0.639. The van der Waals surface area contributed by atoms with E-state index in [4.69, 9.17) is 5.73 Å². The summed E-state index contributed by atoms with van der Waals surface area (Å²) in [7, 11) is 0. The van der Waals surface area contributed by atoms with Crippen LogP contribution in [0, 0.1) is 12.8 Å². The van der Waals surface area contributed by atoms with E-state index in [0.29, 0.717) is 12.0 Å². The van der Waals surface area contributed by atoms with Crippen LogP contribution < -0.4 is 10.6 Å². The number of aromatic nitrogens is 2. The van der Waals surface area contributed by atoms with Crippen molar-refractivity contribution < 1.29 is 0 Å². The Hall–Kier alpha value is -1.19. The highest BCUT2D eigenvalue weighted by Crippen LogP contribution is 2.34. The number of nitrogen functional groups attached to an aromatic ring is 1. The highest BCUT2D eigenvalue weighted by Gasteiger charge is 2.28. The van der Waals surface area contributed by atoms with Crippen molar-refractivity contribution in [2.45, 2.75) is 66.0 Å². The number of nitrogens with zero attached hydrogens (tertiary/aromatic N) is 3. The van der Waals surface area contributed by atoms with Crippen molar-refractivity contribution in [1.82, 2.24) is 9.78 Å². The van der Waals surface area contributed by atoms with Crippen LogP contribution in [0.2, 0.25) is 0 Å². The van der Waals surface area contributed by atoms with Gasteiger partial charge in [-0.05, 0) is 32.6 Å². The Kier molecular flexibility index (Phi) is 4.38. The van der Waals surface area contributed by atoms with Crippen LogP contribution in [-0.2, 0) is 6.54 Å². The lowest BCUT2D eigenvalue weighted by molar-refractivity contribution is 0.512. The molecule has 2 rings (SSSR count). The van der Waals surface area contributed by atoms with Crippen LogP contribution in [0.15, 0.2) is 0 Å². The molecule has 0 amide bonds. The van der Waals surface area contributed by atoms with E-state index in [1.165, 1.54) is 25.7 Å². The summed E-state index contributed by atoms with van der Waals surface area (Å²) >= 11 is 0. The van der Waals surface area contributed by atoms with Crippen LogP contribution in [0.5, 0.6) is 0 Å². The van der Waals surface area contributed by atoms with Crippen LogP contribution in [0.1, 0.15) is 52.1 Å². The molecule has 0 radical (unpaired) electrons. The van der Waals surface area contributed by atoms with E-state index >= 15 is 0 Å². The van der Waals surface area contributed by atoms with Crippen LogP contribution in [0.3, 0.4) is 0 Å². The molecule has 1 fully saturated rings. The average Bonchev–Trinajstić information content (AvgIpc) is 2.96. The van der Waals surface area contributed by atoms with Crippen molar-refractivity contribution in [2.75, 3.05) is 17.2 Å². The lowest BCUT2D eigenvalue weighted by atomic mass is 10.1. The molecule has 0 spiro atoms. The normalized spacial score (nSPS) is 16.5. The second-order valence-electron chi connectivity index (χ2n) is 6.12. The Morgan fingerprint density at radius 2 is 2.00 bits per heavy atom. The fraction of sp³-hybridized carbons (Fsp3) is 0.800. The van der Waals surface area contributed by atoms with Gasteiger partial charge in [-0.2, -0.15) is 5.10 Å². The highest BCUT2D eigenvalue weighted by atomic mass is 15.4. The lowest BCUT2D eigenvalue weighted by Gasteiger charge is -2.33. The molecule has 2 N–H and O–H groups in total. The molecule has 1 heterocycles. The number of rotatable bonds is 5. The standard InChI is InChI=1S/C15H28N4/c1-5-19-15(14(16)12(4)17-19)18(10-11(2)3)13-8-6-7-9-13/h11,13H,5-10,16H2,1-4H3. The highest BCUT2D eigenvalue weighted by molar-refractivity contribution is 5.66. The Morgan fingerprint density at radius 1 is 1.37 bits per heavy atom. The van der Waals surface area contributed by atoms with Crippen LogP contribution in [0.25, 0.3) is 0 Å². The first-order valence-corrected chi connectivity index (χ1v) is 7.64. The molecule has 1 aliphatic carbocycles. The zero-order valence-electron chi connectivity index (χ0n) is 12.8. The van der Waals surface area contributed by atoms with Crippen molar-refractivity contribution in [1.29, 1.82) is 0 Å². The molecule has 4 nitrogen and oxygen atoms in total. The van der Waals surface area contributed by atoms with Gasteiger partial charge in [0, 0.05) is 19.1 Å². The van der Waals surface area contributed by atoms with Crippen LogP contribution >= 0.6 is 0 Å². The van der Waals surface area contributed by atoms with Gasteiger partial charge in [0.1, 0.15) is 0 Å². The quantitative estimate of drug-likeness (QED) is 0.888. The number of anilines is 2. The molecule has 4 heteroatoms. The summed E-state index contributed by atoms with van der Waals surface area (Å²) in [6, 6.07) is 0.645. The average molecular weight is 264 g/mol. The predicted octanol–water partition coefficient (Wildman–Crippen LogP) is 3.20. The van der Waals surface area contributed by atoms with E-state index in [9.17, 15) is 0 Å². The Morgan fingerprint density at radius 3 is 2.53 bits per heavy atom. The Balaban J connectivity index is 2.36. The summed E-state index contributed by atoms with van der Waals surface area (Å²) in [6.07, 6.45) is 5.27. The third-order valence-corrected chi connectivity index (χ3v) is 4.04. The van der Waals surface area contributed by atoms with Crippen LogP contribution in [0.4, 0.5) is 11.5 Å². The van der Waals surface area contributed by atoms with Gasteiger partial charge in [0.15, 0.2) is 5.82 Å². The number of nitrogens with two attached hydrogens (primary N) is 1. The van der Waals surface area contributed by atoms with E-state index in [0.717, 1.165) is 30.3 Å². The van der Waals surface area contributed by atoms with E-state index in [-0.39, 0.29) is 0 Å². The minimum absolute atomic E-state index is 0.639. The molecule has 0 aromatic carbocycles. The summed E-state index contributed by atoms with van der Waals surface area (Å²) in [6.45, 7) is 10.6. The summed E-state index contributed by atoms with van der Waals surface area (Å²) < 4.78 is 2.07. The van der Waals surface area contributed by atoms with Gasteiger partial charge >= 0.3 is 0 Å². The molecule has 0 atom stereocenters. The lowest BCUT2D eigenvalue weighted by Crippen LogP contribution is -2.38. The summed E-state index contributed by atoms with van der Waals surface area (Å²) in [4.78, 5) is 2.52. The van der Waals surface area contributed by atoms with Crippen molar-refractivity contribution >= 4 is 11.5 Å². The van der Waals surface area contributed by atoms with Crippen molar-refractivity contribution in [3.63, 3.8) is 0 Å². The van der Waals surface area contributed by atoms with E-state index in [2.05, 4.69) is 35.5 Å². The second-order valence-corrected chi connectivity index (χ2v) is 6.12. The third kappa shape index (κ3) is 2.88. The molecule has 0 bridgehead atoms. The maximum absolute atomic E-state index is 6.30. The first kappa shape index (κ1) is 14.2. The summed E-state index contributed by atoms with van der Waals surface area (Å²) in [5, 5.41) is 4.58. The van der Waals surface area contributed by atoms with Gasteiger partial charge in [0.05, 0.1) is 11.4 Å². The molecule has 1 aromatic rings. The van der Waals surface area contributed by atoms with Crippen molar-refractivity contribution in [3.8, 4) is 0 Å². The Bertz CT molecular complexity index is 416. The molecule has 1 aromatic heterocycles. The topological polar surface area (TPSA) is 47.1 Å². The van der Waals surface area contributed by atoms with Gasteiger partial charge in [-0.1, -0.05) is 26.7 Å². The van der Waals surface area contributed by atoms with Gasteiger partial charge in [-0.3, -0.25) is 0 Å². The van der Waals surface area contributed by atoms with E-state index in [1.807, 2.05) is 6.92 Å². The fourth-order valence-electron chi connectivity index (χ4n) is 3.12. The second kappa shape index (κ2) is 5.85. The van der Waals surface area contributed by atoms with E-state index < -0.39 is 0 Å². The largest absolute Gasteiger partial charge is 0.394 e. The summed E-state index contributed by atoms with van der Waals surface area (Å²) in [5.41, 5.74) is 8.13. The van der Waals surface area contributed by atoms with Gasteiger partial charge in [0.25, 0.3) is 0 Å². The smallest absolute Gasteiger partial charge is 0.150 e. The molecule has 108 valence electrons. The number of aryl methyl sites for hydroxylation is 2. The first-order chi connectivity index (χ1) is 9.04. The zero-order chi connectivity index (χ0) is 14.0. The molecule has 0 unspecified atom stereocenters. The molecular formula is C15H28N4. The third-order valence-electron chi connectivity index (χ3n) is 4.04. The first-order valence-electron chi connectivity index (χ1n) is 7.64. The fourth-order valence-corrected chi connectivity index (χ4v) is 3.12. The van der Waals surface area contributed by atoms with Crippen molar-refractivity contribution in [2.24, 2.45) is 5.92 Å². The molecule has 1 aliphatic rings. The minimum Gasteiger partial charge on any atom is -0.394 e. The van der Waals surface area contributed by atoms with Crippen molar-refractivity contribution in [3.05, 3.63) is 5.69 Å². The molecule has 0 aliphatic heterocycles. The van der Waals surface area contributed by atoms with E-state index in [1.54, 1.807) is 0 Å². The maximum atomic E-state index is 6.30. The molecule has 0 saturated heterocycles. The molecule has 1 saturated carbocycles. The van der Waals surface area contributed by atoms with Gasteiger partial charge in [-0.25, -0.2) is 4.68 Å². The summed E-state index contributed by atoms with van der Waals surface area (Å²) in [5.74, 6) is 1.79. The van der Waals surface area contributed by atoms with Crippen LogP contribution in [-0.4, -0.2) is 22.4 Å². The maximum Gasteiger partial charge on any atom is 0.150 e. The Labute approximate surface area is 117 Å². The van der Waals surface area contributed by atoms with Gasteiger partial charge in [0.2, 0.25) is 0 Å². The molecular weight excluding hydrogens is 236 g/mol. The van der Waals surface area contributed by atoms with Gasteiger partial charge in [-0.15, -0.1) is 0 Å².